The fourth-order valence-corrected chi connectivity index (χ4v) is 3.04. The second-order valence-electron chi connectivity index (χ2n) is 4.72. The van der Waals surface area contributed by atoms with Crippen LogP contribution >= 0.6 is 0 Å². The Hall–Kier alpha value is -0.0800. The van der Waals surface area contributed by atoms with E-state index >= 15 is 0 Å². The summed E-state index contributed by atoms with van der Waals surface area (Å²) in [6, 6.07) is 0. The number of nitrogens with one attached hydrogen (secondary N) is 1. The molecule has 0 aliphatic carbocycles. The van der Waals surface area contributed by atoms with E-state index in [2.05, 4.69) is 31.0 Å². The molecule has 2 saturated heterocycles. The van der Waals surface area contributed by atoms with Gasteiger partial charge in [0.15, 0.2) is 0 Å². The second-order valence-corrected chi connectivity index (χ2v) is 4.72. The van der Waals surface area contributed by atoms with Crippen LogP contribution in [-0.2, 0) is 0 Å². The highest BCUT2D eigenvalue weighted by molar-refractivity contribution is 5.03. The molecule has 2 heteroatoms. The molecule has 0 aromatic rings. The highest BCUT2D eigenvalue weighted by atomic mass is 15.2. The van der Waals surface area contributed by atoms with E-state index in [0.717, 1.165) is 11.8 Å². The fourth-order valence-electron chi connectivity index (χ4n) is 3.04. The zero-order valence-electron chi connectivity index (χ0n) is 8.43. The van der Waals surface area contributed by atoms with Crippen molar-refractivity contribution in [2.24, 2.45) is 11.8 Å². The molecule has 0 spiro atoms. The molecule has 2 unspecified atom stereocenters. The van der Waals surface area contributed by atoms with Crippen LogP contribution in [-0.4, -0.2) is 36.6 Å². The summed E-state index contributed by atoms with van der Waals surface area (Å²) in [7, 11) is 0. The van der Waals surface area contributed by atoms with Crippen molar-refractivity contribution in [3.8, 4) is 0 Å². The molecule has 0 aromatic carbocycles. The van der Waals surface area contributed by atoms with Crippen molar-refractivity contribution < 1.29 is 0 Å². The highest BCUT2D eigenvalue weighted by Crippen LogP contribution is 2.39. The van der Waals surface area contributed by atoms with Gasteiger partial charge in [0, 0.05) is 18.6 Å². The maximum atomic E-state index is 3.50. The molecule has 0 radical (unpaired) electrons. The molecule has 2 nitrogen and oxygen atoms in total. The average molecular weight is 168 g/mol. The molecular weight excluding hydrogens is 148 g/mol. The first-order valence-electron chi connectivity index (χ1n) is 5.12. The Bertz CT molecular complexity index is 177. The van der Waals surface area contributed by atoms with Gasteiger partial charge in [0.05, 0.1) is 0 Å². The number of rotatable bonds is 1. The van der Waals surface area contributed by atoms with Gasteiger partial charge < -0.3 is 5.32 Å². The van der Waals surface area contributed by atoms with Crippen molar-refractivity contribution >= 4 is 0 Å². The van der Waals surface area contributed by atoms with Crippen molar-refractivity contribution in [3.63, 3.8) is 0 Å². The van der Waals surface area contributed by atoms with Gasteiger partial charge in [-0.3, -0.25) is 4.90 Å². The predicted molar refractivity (Wildman–Crippen MR) is 51.2 cm³/mol. The van der Waals surface area contributed by atoms with E-state index in [-0.39, 0.29) is 0 Å². The molecule has 2 fully saturated rings. The van der Waals surface area contributed by atoms with Gasteiger partial charge in [-0.1, -0.05) is 6.92 Å². The normalized spacial score (nSPS) is 40.2. The number of nitrogens with zero attached hydrogens (tertiary/aromatic N) is 1. The molecule has 0 aromatic heterocycles. The molecule has 0 bridgehead atoms. The molecule has 12 heavy (non-hydrogen) atoms. The monoisotopic (exact) mass is 168 g/mol. The zero-order chi connectivity index (χ0) is 8.77. The minimum atomic E-state index is 0.433. The Morgan fingerprint density at radius 3 is 2.75 bits per heavy atom. The lowest BCUT2D eigenvalue weighted by atomic mass is 9.85. The molecule has 70 valence electrons. The van der Waals surface area contributed by atoms with Crippen molar-refractivity contribution in [3.05, 3.63) is 0 Å². The Morgan fingerprint density at radius 1 is 1.42 bits per heavy atom. The first kappa shape index (κ1) is 8.52. The summed E-state index contributed by atoms with van der Waals surface area (Å²) in [5.41, 5.74) is 0.433. The third kappa shape index (κ3) is 1.01. The zero-order valence-corrected chi connectivity index (χ0v) is 8.43. The lowest BCUT2D eigenvalue weighted by Gasteiger charge is -2.34. The maximum absolute atomic E-state index is 3.50. The Balaban J connectivity index is 2.17. The van der Waals surface area contributed by atoms with Gasteiger partial charge in [0.25, 0.3) is 0 Å². The number of hydrogen-bond donors (Lipinski definition) is 1. The van der Waals surface area contributed by atoms with E-state index in [1.165, 1.54) is 26.2 Å². The van der Waals surface area contributed by atoms with Crippen LogP contribution in [0.5, 0.6) is 0 Å². The number of likely N-dealkylation sites (tertiary alicyclic amines) is 1. The summed E-state index contributed by atoms with van der Waals surface area (Å²) >= 11 is 0. The van der Waals surface area contributed by atoms with Crippen molar-refractivity contribution in [1.82, 2.24) is 10.2 Å². The van der Waals surface area contributed by atoms with Crippen molar-refractivity contribution in [2.75, 3.05) is 26.2 Å². The Morgan fingerprint density at radius 2 is 2.17 bits per heavy atom. The van der Waals surface area contributed by atoms with Crippen LogP contribution in [0.4, 0.5) is 0 Å². The molecule has 0 saturated carbocycles. The van der Waals surface area contributed by atoms with Crippen LogP contribution in [0, 0.1) is 11.8 Å². The van der Waals surface area contributed by atoms with Gasteiger partial charge in [-0.15, -0.1) is 0 Å². The highest BCUT2D eigenvalue weighted by Gasteiger charge is 2.48. The van der Waals surface area contributed by atoms with E-state index in [9.17, 15) is 0 Å². The van der Waals surface area contributed by atoms with Gasteiger partial charge in [-0.25, -0.2) is 0 Å². The Labute approximate surface area is 75.3 Å². The van der Waals surface area contributed by atoms with Crippen LogP contribution in [0.3, 0.4) is 0 Å². The first-order chi connectivity index (χ1) is 5.66. The number of fused-ring (bicyclic) bond motifs is 1. The van der Waals surface area contributed by atoms with E-state index in [4.69, 9.17) is 0 Å². The van der Waals surface area contributed by atoms with Crippen LogP contribution < -0.4 is 5.32 Å². The van der Waals surface area contributed by atoms with Gasteiger partial charge in [-0.05, 0) is 38.8 Å². The van der Waals surface area contributed by atoms with Gasteiger partial charge >= 0.3 is 0 Å². The fraction of sp³-hybridized carbons (Fsp3) is 1.00. The molecular formula is C10H20N2. The van der Waals surface area contributed by atoms with Gasteiger partial charge in [-0.2, -0.15) is 0 Å². The van der Waals surface area contributed by atoms with Crippen LogP contribution in [0.2, 0.25) is 0 Å². The van der Waals surface area contributed by atoms with Crippen LogP contribution in [0.15, 0.2) is 0 Å². The van der Waals surface area contributed by atoms with E-state index in [1.54, 1.807) is 0 Å². The average Bonchev–Trinajstić information content (AvgIpc) is 2.53. The summed E-state index contributed by atoms with van der Waals surface area (Å²) < 4.78 is 0. The summed E-state index contributed by atoms with van der Waals surface area (Å²) in [5.74, 6) is 1.80. The third-order valence-electron chi connectivity index (χ3n) is 3.90. The molecule has 0 amide bonds. The van der Waals surface area contributed by atoms with E-state index in [0.29, 0.717) is 5.54 Å². The molecule has 2 aliphatic rings. The van der Waals surface area contributed by atoms with Gasteiger partial charge in [0.1, 0.15) is 0 Å². The second kappa shape index (κ2) is 2.71. The van der Waals surface area contributed by atoms with E-state index in [1.807, 2.05) is 0 Å². The van der Waals surface area contributed by atoms with Crippen LogP contribution in [0.1, 0.15) is 20.8 Å². The maximum Gasteiger partial charge on any atom is 0.0197 e. The minimum Gasteiger partial charge on any atom is -0.316 e. The summed E-state index contributed by atoms with van der Waals surface area (Å²) in [6.07, 6.45) is 0. The third-order valence-corrected chi connectivity index (χ3v) is 3.90. The topological polar surface area (TPSA) is 15.3 Å². The van der Waals surface area contributed by atoms with Crippen molar-refractivity contribution in [2.45, 2.75) is 26.3 Å². The smallest absolute Gasteiger partial charge is 0.0197 e. The molecule has 2 atom stereocenters. The standard InChI is InChI=1S/C10H20N2/c1-4-12-7-8-5-11-6-9(8)10(12,2)3/h8-9,11H,4-7H2,1-3H3. The Kier molecular flexibility index (Phi) is 1.92. The lowest BCUT2D eigenvalue weighted by molar-refractivity contribution is 0.147. The summed E-state index contributed by atoms with van der Waals surface area (Å²) in [6.45, 7) is 12.1. The SMILES string of the molecule is CCN1CC2CNCC2C1(C)C. The molecule has 2 heterocycles. The van der Waals surface area contributed by atoms with Crippen molar-refractivity contribution in [1.29, 1.82) is 0 Å². The minimum absolute atomic E-state index is 0.433. The summed E-state index contributed by atoms with van der Waals surface area (Å²) in [4.78, 5) is 2.63. The largest absolute Gasteiger partial charge is 0.316 e. The van der Waals surface area contributed by atoms with Crippen LogP contribution in [0.25, 0.3) is 0 Å². The van der Waals surface area contributed by atoms with E-state index < -0.39 is 0 Å². The molecule has 1 N–H and O–H groups in total. The number of hydrogen-bond acceptors (Lipinski definition) is 2. The molecule has 2 rings (SSSR count). The quantitative estimate of drug-likeness (QED) is 0.627. The first-order valence-corrected chi connectivity index (χ1v) is 5.12. The predicted octanol–water partition coefficient (Wildman–Crippen LogP) is 0.936. The molecule has 2 aliphatic heterocycles. The lowest BCUT2D eigenvalue weighted by Crippen LogP contribution is -2.44. The van der Waals surface area contributed by atoms with Gasteiger partial charge in [0.2, 0.25) is 0 Å². The summed E-state index contributed by atoms with van der Waals surface area (Å²) in [5, 5.41) is 3.50.